The van der Waals surface area contributed by atoms with E-state index in [0.29, 0.717) is 13.0 Å². The Kier molecular flexibility index (Phi) is 7.79. The number of carbonyl (C=O) groups excluding carboxylic acids is 1. The largest absolute Gasteiger partial charge is 0.393 e. The maximum Gasteiger partial charge on any atom is 0.229 e. The van der Waals surface area contributed by atoms with Crippen LogP contribution in [0.4, 0.5) is 0 Å². The first-order chi connectivity index (χ1) is 7.96. The first kappa shape index (κ1) is 16.7. The highest BCUT2D eigenvalue weighted by molar-refractivity contribution is 8.00. The van der Waals surface area contributed by atoms with E-state index in [-0.39, 0.29) is 21.6 Å². The predicted octanol–water partition coefficient (Wildman–Crippen LogP) is 2.34. The molecule has 1 amide bonds. The molecule has 0 saturated carbocycles. The van der Waals surface area contributed by atoms with Gasteiger partial charge >= 0.3 is 0 Å². The highest BCUT2D eigenvalue weighted by Crippen LogP contribution is 2.29. The van der Waals surface area contributed by atoms with Gasteiger partial charge in [-0.05, 0) is 25.5 Å². The van der Waals surface area contributed by atoms with E-state index in [0.717, 1.165) is 12.8 Å². The Morgan fingerprint density at radius 1 is 1.41 bits per heavy atom. The number of thioether (sulfide) groups is 1. The fourth-order valence-corrected chi connectivity index (χ4v) is 2.82. The molecule has 0 rings (SSSR count). The van der Waals surface area contributed by atoms with Gasteiger partial charge in [0.1, 0.15) is 0 Å². The van der Waals surface area contributed by atoms with Gasteiger partial charge in [0.15, 0.2) is 0 Å². The van der Waals surface area contributed by atoms with Crippen molar-refractivity contribution in [2.75, 3.05) is 12.8 Å². The van der Waals surface area contributed by atoms with E-state index >= 15 is 0 Å². The van der Waals surface area contributed by atoms with Crippen LogP contribution in [0.1, 0.15) is 40.0 Å². The lowest BCUT2D eigenvalue weighted by Gasteiger charge is -2.30. The summed E-state index contributed by atoms with van der Waals surface area (Å²) in [4.78, 5) is 12.2. The third kappa shape index (κ3) is 4.84. The van der Waals surface area contributed by atoms with Crippen LogP contribution < -0.4 is 11.1 Å². The lowest BCUT2D eigenvalue weighted by molar-refractivity contribution is -0.123. The molecule has 3 nitrogen and oxygen atoms in total. The van der Waals surface area contributed by atoms with Gasteiger partial charge in [-0.3, -0.25) is 4.79 Å². The van der Waals surface area contributed by atoms with Crippen molar-refractivity contribution in [2.45, 2.75) is 44.8 Å². The van der Waals surface area contributed by atoms with Gasteiger partial charge in [-0.15, -0.1) is 0 Å². The molecule has 0 bridgehead atoms. The third-order valence-corrected chi connectivity index (χ3v) is 5.25. The van der Waals surface area contributed by atoms with Gasteiger partial charge in [0.05, 0.1) is 10.9 Å². The van der Waals surface area contributed by atoms with Crippen molar-refractivity contribution in [3.05, 3.63) is 0 Å². The molecule has 0 aromatic carbocycles. The second kappa shape index (κ2) is 7.93. The molecule has 1 atom stereocenters. The summed E-state index contributed by atoms with van der Waals surface area (Å²) in [5.74, 6) is -0.376. The minimum absolute atomic E-state index is 0.0414. The molecule has 0 aliphatic heterocycles. The Morgan fingerprint density at radius 2 is 1.94 bits per heavy atom. The minimum Gasteiger partial charge on any atom is -0.393 e. The van der Waals surface area contributed by atoms with Gasteiger partial charge in [0, 0.05) is 11.3 Å². The fraction of sp³-hybridized carbons (Fsp3) is 0.833. The van der Waals surface area contributed by atoms with Crippen LogP contribution in [-0.4, -0.2) is 28.4 Å². The quantitative estimate of drug-likeness (QED) is 0.668. The van der Waals surface area contributed by atoms with E-state index in [1.165, 1.54) is 0 Å². The van der Waals surface area contributed by atoms with E-state index in [9.17, 15) is 4.79 Å². The van der Waals surface area contributed by atoms with Crippen LogP contribution in [0.3, 0.4) is 0 Å². The summed E-state index contributed by atoms with van der Waals surface area (Å²) < 4.78 is 0.129. The lowest BCUT2D eigenvalue weighted by atomic mass is 10.0. The number of nitrogens with two attached hydrogens (primary N) is 1. The van der Waals surface area contributed by atoms with Gasteiger partial charge in [0.2, 0.25) is 5.91 Å². The fourth-order valence-electron chi connectivity index (χ4n) is 1.75. The summed E-state index contributed by atoms with van der Waals surface area (Å²) in [7, 11) is 0. The molecule has 0 spiro atoms. The summed E-state index contributed by atoms with van der Waals surface area (Å²) >= 11 is 6.71. The number of rotatable bonds is 8. The molecule has 0 aliphatic carbocycles. The average Bonchev–Trinajstić information content (AvgIpc) is 2.32. The molecule has 3 N–H and O–H groups in total. The summed E-state index contributed by atoms with van der Waals surface area (Å²) in [6, 6.07) is 0. The second-order valence-electron chi connectivity index (χ2n) is 4.18. The first-order valence-corrected chi connectivity index (χ1v) is 7.71. The third-order valence-electron chi connectivity index (χ3n) is 3.37. The number of amides is 1. The Hall–Kier alpha value is -0.290. The van der Waals surface area contributed by atoms with E-state index in [4.69, 9.17) is 18.0 Å². The van der Waals surface area contributed by atoms with E-state index in [1.54, 1.807) is 0 Å². The SMILES string of the molecule is CCC(C(=O)NCC(CC)(CC)SC)C(N)=S. The van der Waals surface area contributed by atoms with Gasteiger partial charge in [-0.2, -0.15) is 11.8 Å². The van der Waals surface area contributed by atoms with Crippen LogP contribution in [0, 0.1) is 5.92 Å². The number of thiocarbonyl (C=S) groups is 1. The number of hydrogen-bond donors (Lipinski definition) is 2. The van der Waals surface area contributed by atoms with E-state index in [2.05, 4.69) is 25.4 Å². The molecule has 5 heteroatoms. The highest BCUT2D eigenvalue weighted by Gasteiger charge is 2.27. The van der Waals surface area contributed by atoms with E-state index < -0.39 is 0 Å². The lowest BCUT2D eigenvalue weighted by Crippen LogP contribution is -2.44. The molecule has 0 heterocycles. The summed E-state index contributed by atoms with van der Waals surface area (Å²) in [6.07, 6.45) is 4.82. The Balaban J connectivity index is 4.44. The standard InChI is InChI=1S/C12H24N2OS2/c1-5-9(10(13)16)11(15)14-8-12(6-2,7-3)17-4/h9H,5-8H2,1-4H3,(H2,13,16)(H,14,15). The van der Waals surface area contributed by atoms with Gasteiger partial charge in [-0.25, -0.2) is 0 Å². The Morgan fingerprint density at radius 3 is 2.24 bits per heavy atom. The molecule has 0 fully saturated rings. The maximum atomic E-state index is 11.9. The maximum absolute atomic E-state index is 11.9. The van der Waals surface area contributed by atoms with Gasteiger partial charge in [0.25, 0.3) is 0 Å². The second-order valence-corrected chi connectivity index (χ2v) is 5.92. The van der Waals surface area contributed by atoms with Gasteiger partial charge < -0.3 is 11.1 Å². The Labute approximate surface area is 114 Å². The molecule has 1 unspecified atom stereocenters. The minimum atomic E-state index is -0.335. The van der Waals surface area contributed by atoms with Crippen LogP contribution in [0.5, 0.6) is 0 Å². The molecule has 0 aliphatic rings. The van der Waals surface area contributed by atoms with Crippen LogP contribution in [0.25, 0.3) is 0 Å². The number of carbonyl (C=O) groups is 1. The van der Waals surface area contributed by atoms with Crippen LogP contribution in [0.2, 0.25) is 0 Å². The van der Waals surface area contributed by atoms with Crippen molar-refractivity contribution in [3.63, 3.8) is 0 Å². The molecule has 17 heavy (non-hydrogen) atoms. The molecule has 0 saturated heterocycles. The van der Waals surface area contributed by atoms with Gasteiger partial charge in [-0.1, -0.05) is 33.0 Å². The topological polar surface area (TPSA) is 55.1 Å². The Bertz CT molecular complexity index is 257. The van der Waals surface area contributed by atoms with Crippen molar-refractivity contribution >= 4 is 34.9 Å². The van der Waals surface area contributed by atoms with Crippen molar-refractivity contribution in [3.8, 4) is 0 Å². The number of hydrogen-bond acceptors (Lipinski definition) is 3. The molecular weight excluding hydrogens is 252 g/mol. The molecule has 0 aromatic heterocycles. The number of nitrogens with one attached hydrogen (secondary N) is 1. The monoisotopic (exact) mass is 276 g/mol. The zero-order valence-electron chi connectivity index (χ0n) is 11.2. The van der Waals surface area contributed by atoms with E-state index in [1.807, 2.05) is 18.7 Å². The normalized spacial score (nSPS) is 13.2. The van der Waals surface area contributed by atoms with Crippen molar-refractivity contribution in [2.24, 2.45) is 11.7 Å². The van der Waals surface area contributed by atoms with Crippen LogP contribution >= 0.6 is 24.0 Å². The molecular formula is C12H24N2OS2. The summed E-state index contributed by atoms with van der Waals surface area (Å²) in [5.41, 5.74) is 5.55. The van der Waals surface area contributed by atoms with Crippen molar-refractivity contribution in [1.29, 1.82) is 0 Å². The zero-order valence-corrected chi connectivity index (χ0v) is 12.8. The highest BCUT2D eigenvalue weighted by atomic mass is 32.2. The zero-order chi connectivity index (χ0) is 13.5. The summed E-state index contributed by atoms with van der Waals surface area (Å²) in [5, 5.41) is 2.98. The molecule has 100 valence electrons. The smallest absolute Gasteiger partial charge is 0.229 e. The molecule has 0 aromatic rings. The van der Waals surface area contributed by atoms with Crippen molar-refractivity contribution < 1.29 is 4.79 Å². The van der Waals surface area contributed by atoms with Crippen LogP contribution in [-0.2, 0) is 4.79 Å². The average molecular weight is 276 g/mol. The predicted molar refractivity (Wildman–Crippen MR) is 80.4 cm³/mol. The molecule has 0 radical (unpaired) electrons. The first-order valence-electron chi connectivity index (χ1n) is 6.08. The van der Waals surface area contributed by atoms with Crippen LogP contribution in [0.15, 0.2) is 0 Å². The van der Waals surface area contributed by atoms with Crippen molar-refractivity contribution in [1.82, 2.24) is 5.32 Å². The summed E-state index contributed by atoms with van der Waals surface area (Å²) in [6.45, 7) is 6.90.